The van der Waals surface area contributed by atoms with Crippen molar-refractivity contribution in [2.75, 3.05) is 0 Å². The number of nitrogens with one attached hydrogen (secondary N) is 1. The maximum Gasteiger partial charge on any atom is 0.288 e. The molecule has 17 heavy (non-hydrogen) atoms. The molecule has 92 valence electrons. The lowest BCUT2D eigenvalue weighted by atomic mass is 9.82. The van der Waals surface area contributed by atoms with Crippen LogP contribution in [0.25, 0.3) is 0 Å². The molecule has 0 aromatic heterocycles. The minimum atomic E-state index is -0.447. The topological polar surface area (TPSA) is 55.2 Å². The Labute approximate surface area is 105 Å². The largest absolute Gasteiger partial charge is 0.310 e. The van der Waals surface area contributed by atoms with Gasteiger partial charge in [-0.25, -0.2) is 0 Å². The van der Waals surface area contributed by atoms with Crippen LogP contribution in [0.3, 0.4) is 0 Å². The number of nitro groups is 1. The van der Waals surface area contributed by atoms with Gasteiger partial charge in [0.05, 0.1) is 4.92 Å². The molecule has 1 fully saturated rings. The zero-order valence-corrected chi connectivity index (χ0v) is 10.4. The van der Waals surface area contributed by atoms with Gasteiger partial charge in [-0.1, -0.05) is 24.6 Å². The Morgan fingerprint density at radius 3 is 2.82 bits per heavy atom. The van der Waals surface area contributed by atoms with E-state index in [0.717, 1.165) is 11.5 Å². The number of benzene rings is 1. The van der Waals surface area contributed by atoms with Gasteiger partial charge in [-0.05, 0) is 30.4 Å². The second kappa shape index (κ2) is 5.02. The third kappa shape index (κ3) is 2.96. The van der Waals surface area contributed by atoms with Crippen molar-refractivity contribution in [1.82, 2.24) is 5.32 Å². The lowest BCUT2D eigenvalue weighted by Gasteiger charge is -2.33. The molecule has 0 amide bonds. The van der Waals surface area contributed by atoms with Crippen molar-refractivity contribution in [3.63, 3.8) is 0 Å². The van der Waals surface area contributed by atoms with Crippen LogP contribution in [-0.4, -0.2) is 11.0 Å². The van der Waals surface area contributed by atoms with E-state index >= 15 is 0 Å². The smallest absolute Gasteiger partial charge is 0.288 e. The van der Waals surface area contributed by atoms with Crippen molar-refractivity contribution in [1.29, 1.82) is 0 Å². The molecule has 1 aliphatic rings. The van der Waals surface area contributed by atoms with Crippen molar-refractivity contribution in [2.24, 2.45) is 5.92 Å². The van der Waals surface area contributed by atoms with Gasteiger partial charge >= 0.3 is 0 Å². The molecule has 0 heterocycles. The lowest BCUT2D eigenvalue weighted by molar-refractivity contribution is -0.384. The molecule has 0 unspecified atom stereocenters. The molecule has 0 radical (unpaired) electrons. The van der Waals surface area contributed by atoms with E-state index in [0.29, 0.717) is 12.6 Å². The molecule has 1 saturated carbocycles. The normalized spacial score (nSPS) is 23.2. The van der Waals surface area contributed by atoms with Crippen molar-refractivity contribution in [3.05, 3.63) is 38.9 Å². The van der Waals surface area contributed by atoms with Crippen LogP contribution >= 0.6 is 11.6 Å². The van der Waals surface area contributed by atoms with Crippen LogP contribution in [0.1, 0.15) is 25.3 Å². The number of hydrogen-bond acceptors (Lipinski definition) is 3. The third-order valence-electron chi connectivity index (χ3n) is 3.18. The third-order valence-corrected chi connectivity index (χ3v) is 3.50. The summed E-state index contributed by atoms with van der Waals surface area (Å²) in [6.45, 7) is 2.89. The minimum Gasteiger partial charge on any atom is -0.310 e. The summed E-state index contributed by atoms with van der Waals surface area (Å²) in [5.41, 5.74) is 0.883. The van der Waals surface area contributed by atoms with E-state index in [4.69, 9.17) is 11.6 Å². The predicted octanol–water partition coefficient (Wildman–Crippen LogP) is 3.14. The van der Waals surface area contributed by atoms with Crippen LogP contribution in [0.2, 0.25) is 5.02 Å². The molecule has 1 aromatic carbocycles. The summed E-state index contributed by atoms with van der Waals surface area (Å²) in [7, 11) is 0. The van der Waals surface area contributed by atoms with Crippen LogP contribution in [0.4, 0.5) is 5.69 Å². The highest BCUT2D eigenvalue weighted by atomic mass is 35.5. The van der Waals surface area contributed by atoms with Crippen LogP contribution in [0.15, 0.2) is 18.2 Å². The Hall–Kier alpha value is -1.13. The molecule has 0 saturated heterocycles. The summed E-state index contributed by atoms with van der Waals surface area (Å²) >= 11 is 5.75. The van der Waals surface area contributed by atoms with Crippen molar-refractivity contribution < 1.29 is 4.92 Å². The summed E-state index contributed by atoms with van der Waals surface area (Å²) in [5, 5.41) is 14.3. The highest BCUT2D eigenvalue weighted by molar-refractivity contribution is 6.32. The molecule has 2 rings (SSSR count). The summed E-state index contributed by atoms with van der Waals surface area (Å²) in [5.74, 6) is 0.798. The number of rotatable bonds is 4. The summed E-state index contributed by atoms with van der Waals surface area (Å²) in [6.07, 6.45) is 2.38. The minimum absolute atomic E-state index is 0.0204. The van der Waals surface area contributed by atoms with Gasteiger partial charge in [0, 0.05) is 18.7 Å². The van der Waals surface area contributed by atoms with Crippen molar-refractivity contribution in [3.8, 4) is 0 Å². The average Bonchev–Trinajstić information content (AvgIpc) is 2.24. The van der Waals surface area contributed by atoms with Crippen LogP contribution in [0, 0.1) is 16.0 Å². The molecular weight excluding hydrogens is 240 g/mol. The fourth-order valence-corrected chi connectivity index (χ4v) is 2.33. The van der Waals surface area contributed by atoms with E-state index < -0.39 is 4.92 Å². The number of nitro benzene ring substituents is 1. The molecule has 1 aromatic rings. The van der Waals surface area contributed by atoms with Gasteiger partial charge in [-0.15, -0.1) is 0 Å². The maximum absolute atomic E-state index is 10.7. The second-order valence-corrected chi connectivity index (χ2v) is 5.10. The Bertz CT molecular complexity index is 431. The fraction of sp³-hybridized carbons (Fsp3) is 0.500. The van der Waals surface area contributed by atoms with E-state index in [9.17, 15) is 10.1 Å². The second-order valence-electron chi connectivity index (χ2n) is 4.70. The van der Waals surface area contributed by atoms with Crippen LogP contribution in [0.5, 0.6) is 0 Å². The van der Waals surface area contributed by atoms with Crippen molar-refractivity contribution in [2.45, 2.75) is 32.4 Å². The van der Waals surface area contributed by atoms with Gasteiger partial charge in [0.15, 0.2) is 0 Å². The predicted molar refractivity (Wildman–Crippen MR) is 67.1 cm³/mol. The van der Waals surface area contributed by atoms with E-state index in [1.807, 2.05) is 6.07 Å². The Kier molecular flexibility index (Phi) is 3.64. The van der Waals surface area contributed by atoms with Crippen LogP contribution < -0.4 is 5.32 Å². The number of halogens is 1. The molecule has 1 N–H and O–H groups in total. The van der Waals surface area contributed by atoms with E-state index in [2.05, 4.69) is 12.2 Å². The van der Waals surface area contributed by atoms with Crippen LogP contribution in [-0.2, 0) is 6.54 Å². The molecule has 0 aliphatic heterocycles. The first-order valence-electron chi connectivity index (χ1n) is 5.72. The van der Waals surface area contributed by atoms with E-state index in [1.54, 1.807) is 6.07 Å². The fourth-order valence-electron chi connectivity index (χ4n) is 2.14. The number of nitrogens with zero attached hydrogens (tertiary/aromatic N) is 1. The highest BCUT2D eigenvalue weighted by Crippen LogP contribution is 2.28. The molecule has 0 atom stereocenters. The molecule has 0 bridgehead atoms. The average molecular weight is 255 g/mol. The molecule has 5 heteroatoms. The summed E-state index contributed by atoms with van der Waals surface area (Å²) in [4.78, 5) is 10.3. The van der Waals surface area contributed by atoms with Gasteiger partial charge < -0.3 is 5.32 Å². The van der Waals surface area contributed by atoms with Gasteiger partial charge in [0.1, 0.15) is 5.02 Å². The summed E-state index contributed by atoms with van der Waals surface area (Å²) < 4.78 is 0. The summed E-state index contributed by atoms with van der Waals surface area (Å²) in [6, 6.07) is 5.50. The lowest BCUT2D eigenvalue weighted by Crippen LogP contribution is -2.39. The molecule has 1 aliphatic carbocycles. The Balaban J connectivity index is 1.97. The van der Waals surface area contributed by atoms with Gasteiger partial charge in [-0.3, -0.25) is 10.1 Å². The first-order chi connectivity index (χ1) is 8.06. The van der Waals surface area contributed by atoms with Gasteiger partial charge in [0.2, 0.25) is 0 Å². The zero-order valence-electron chi connectivity index (χ0n) is 9.65. The quantitative estimate of drug-likeness (QED) is 0.663. The first kappa shape index (κ1) is 12.3. The maximum atomic E-state index is 10.7. The standard InChI is InChI=1S/C12H15ClN2O2/c1-8-4-10(5-8)14-7-9-2-3-11(13)12(6-9)15(16)17/h2-3,6,8,10,14H,4-5,7H2,1H3. The Morgan fingerprint density at radius 1 is 1.53 bits per heavy atom. The molecule has 4 nitrogen and oxygen atoms in total. The van der Waals surface area contributed by atoms with Crippen molar-refractivity contribution >= 4 is 17.3 Å². The monoisotopic (exact) mass is 254 g/mol. The Morgan fingerprint density at radius 2 is 2.24 bits per heavy atom. The van der Waals surface area contributed by atoms with Gasteiger partial charge in [-0.2, -0.15) is 0 Å². The highest BCUT2D eigenvalue weighted by Gasteiger charge is 2.24. The zero-order chi connectivity index (χ0) is 12.4. The first-order valence-corrected chi connectivity index (χ1v) is 6.10. The van der Waals surface area contributed by atoms with Gasteiger partial charge in [0.25, 0.3) is 5.69 Å². The molecule has 0 spiro atoms. The molecular formula is C12H15ClN2O2. The van der Waals surface area contributed by atoms with E-state index in [1.165, 1.54) is 18.9 Å². The number of hydrogen-bond donors (Lipinski definition) is 1. The van der Waals surface area contributed by atoms with E-state index in [-0.39, 0.29) is 10.7 Å². The SMILES string of the molecule is CC1CC(NCc2ccc(Cl)c([N+](=O)[O-])c2)C1.